The highest BCUT2D eigenvalue weighted by molar-refractivity contribution is 5.88. The molecule has 0 aliphatic rings. The van der Waals surface area contributed by atoms with Gasteiger partial charge in [0.05, 0.1) is 17.6 Å². The van der Waals surface area contributed by atoms with E-state index in [-0.39, 0.29) is 24.7 Å². The molecule has 0 saturated heterocycles. The van der Waals surface area contributed by atoms with E-state index in [9.17, 15) is 14.7 Å². The van der Waals surface area contributed by atoms with E-state index in [1.54, 1.807) is 33.4 Å². The van der Waals surface area contributed by atoms with Crippen molar-refractivity contribution in [1.29, 1.82) is 0 Å². The molecule has 2 aromatic carbocycles. The molecule has 0 aliphatic heterocycles. The molecule has 0 fully saturated rings. The zero-order valence-electron chi connectivity index (χ0n) is 16.1. The maximum atomic E-state index is 12.8. The van der Waals surface area contributed by atoms with Gasteiger partial charge < -0.3 is 15.2 Å². The van der Waals surface area contributed by atoms with Crippen LogP contribution >= 0.6 is 0 Å². The molecule has 0 saturated carbocycles. The lowest BCUT2D eigenvalue weighted by atomic mass is 10.3. The van der Waals surface area contributed by atoms with Crippen molar-refractivity contribution in [3.8, 4) is 5.75 Å². The predicted molar refractivity (Wildman–Crippen MR) is 109 cm³/mol. The fourth-order valence-electron chi connectivity index (χ4n) is 3.18. The van der Waals surface area contributed by atoms with E-state index in [4.69, 9.17) is 4.74 Å². The van der Waals surface area contributed by atoms with Gasteiger partial charge in [-0.15, -0.1) is 0 Å². The number of amides is 1. The van der Waals surface area contributed by atoms with Gasteiger partial charge in [0.2, 0.25) is 5.91 Å². The standard InChI is InChI=1S/C21H25N3O4/c1-3-12-23-19-6-4-5-7-20(19)24(21(23)27)13-17(26)14-28-18-10-8-16(9-11-18)22-15(2)25/h4-11,17,26H,3,12-14H2,1-2H3,(H,22,25). The van der Waals surface area contributed by atoms with E-state index in [0.717, 1.165) is 17.5 Å². The summed E-state index contributed by atoms with van der Waals surface area (Å²) in [4.78, 5) is 23.8. The maximum Gasteiger partial charge on any atom is 0.329 e. The minimum absolute atomic E-state index is 0.0548. The number of benzene rings is 2. The molecule has 28 heavy (non-hydrogen) atoms. The molecule has 7 nitrogen and oxygen atoms in total. The quantitative estimate of drug-likeness (QED) is 0.626. The van der Waals surface area contributed by atoms with Crippen molar-refractivity contribution in [3.05, 3.63) is 59.0 Å². The highest BCUT2D eigenvalue weighted by atomic mass is 16.5. The number of carbonyl (C=O) groups is 1. The van der Waals surface area contributed by atoms with Crippen molar-refractivity contribution >= 4 is 22.6 Å². The van der Waals surface area contributed by atoms with Gasteiger partial charge in [0, 0.05) is 19.2 Å². The lowest BCUT2D eigenvalue weighted by molar-refractivity contribution is -0.114. The molecule has 1 heterocycles. The lowest BCUT2D eigenvalue weighted by Gasteiger charge is -2.13. The summed E-state index contributed by atoms with van der Waals surface area (Å²) in [5.74, 6) is 0.436. The summed E-state index contributed by atoms with van der Waals surface area (Å²) in [6, 6.07) is 14.5. The van der Waals surface area contributed by atoms with Crippen LogP contribution in [-0.2, 0) is 17.9 Å². The van der Waals surface area contributed by atoms with Crippen LogP contribution < -0.4 is 15.7 Å². The Kier molecular flexibility index (Phi) is 6.16. The monoisotopic (exact) mass is 383 g/mol. The maximum absolute atomic E-state index is 12.8. The van der Waals surface area contributed by atoms with Crippen LogP contribution in [0.1, 0.15) is 20.3 Å². The summed E-state index contributed by atoms with van der Waals surface area (Å²) in [6.07, 6.45) is 0.0160. The average molecular weight is 383 g/mol. The number of aliphatic hydroxyl groups excluding tert-OH is 1. The third-order valence-electron chi connectivity index (χ3n) is 4.38. The number of aliphatic hydroxyl groups is 1. The Morgan fingerprint density at radius 3 is 2.36 bits per heavy atom. The molecule has 0 aliphatic carbocycles. The fraction of sp³-hybridized carbons (Fsp3) is 0.333. The molecule has 3 rings (SSSR count). The molecule has 1 atom stereocenters. The Hall–Kier alpha value is -3.06. The zero-order valence-corrected chi connectivity index (χ0v) is 16.1. The second kappa shape index (κ2) is 8.75. The van der Waals surface area contributed by atoms with Gasteiger partial charge in [-0.2, -0.15) is 0 Å². The second-order valence-electron chi connectivity index (χ2n) is 6.70. The van der Waals surface area contributed by atoms with Gasteiger partial charge >= 0.3 is 5.69 Å². The van der Waals surface area contributed by atoms with E-state index in [0.29, 0.717) is 18.0 Å². The van der Waals surface area contributed by atoms with Gasteiger partial charge in [0.15, 0.2) is 0 Å². The van der Waals surface area contributed by atoms with Gasteiger partial charge in [-0.05, 0) is 42.8 Å². The fourth-order valence-corrected chi connectivity index (χ4v) is 3.18. The number of fused-ring (bicyclic) bond motifs is 1. The molecule has 2 N–H and O–H groups in total. The summed E-state index contributed by atoms with van der Waals surface area (Å²) in [7, 11) is 0. The van der Waals surface area contributed by atoms with E-state index < -0.39 is 6.10 Å². The van der Waals surface area contributed by atoms with Gasteiger partial charge in [0.1, 0.15) is 18.5 Å². The first-order valence-electron chi connectivity index (χ1n) is 9.36. The summed E-state index contributed by atoms with van der Waals surface area (Å²) in [5.41, 5.74) is 2.23. The Labute approximate surface area is 163 Å². The van der Waals surface area contributed by atoms with Crippen LogP contribution in [0.25, 0.3) is 11.0 Å². The van der Waals surface area contributed by atoms with Crippen molar-refractivity contribution in [2.24, 2.45) is 0 Å². The van der Waals surface area contributed by atoms with E-state index in [1.165, 1.54) is 6.92 Å². The third kappa shape index (κ3) is 4.43. The highest BCUT2D eigenvalue weighted by Crippen LogP contribution is 2.17. The Balaban J connectivity index is 1.68. The average Bonchev–Trinajstić information content (AvgIpc) is 2.93. The molecule has 0 radical (unpaired) electrons. The van der Waals surface area contributed by atoms with Gasteiger partial charge in [-0.1, -0.05) is 19.1 Å². The number of carbonyl (C=O) groups excluding carboxylic acids is 1. The number of aryl methyl sites for hydroxylation is 1. The molecule has 0 spiro atoms. The molecular formula is C21H25N3O4. The molecular weight excluding hydrogens is 358 g/mol. The van der Waals surface area contributed by atoms with Gasteiger partial charge in [-0.3, -0.25) is 13.9 Å². The van der Waals surface area contributed by atoms with Crippen LogP contribution in [0, 0.1) is 0 Å². The van der Waals surface area contributed by atoms with Crippen molar-refractivity contribution in [3.63, 3.8) is 0 Å². The summed E-state index contributed by atoms with van der Waals surface area (Å²) >= 11 is 0. The van der Waals surface area contributed by atoms with Crippen LogP contribution in [0.4, 0.5) is 5.69 Å². The van der Waals surface area contributed by atoms with Crippen molar-refractivity contribution in [2.45, 2.75) is 39.5 Å². The number of nitrogens with zero attached hydrogens (tertiary/aromatic N) is 2. The Morgan fingerprint density at radius 1 is 1.11 bits per heavy atom. The first-order valence-corrected chi connectivity index (χ1v) is 9.36. The number of ether oxygens (including phenoxy) is 1. The van der Waals surface area contributed by atoms with Crippen LogP contribution in [0.3, 0.4) is 0 Å². The smallest absolute Gasteiger partial charge is 0.329 e. The van der Waals surface area contributed by atoms with E-state index in [1.807, 2.05) is 31.2 Å². The molecule has 0 bridgehead atoms. The molecule has 148 valence electrons. The zero-order chi connectivity index (χ0) is 20.1. The molecule has 1 aromatic heterocycles. The SMILES string of the molecule is CCCn1c(=O)n(CC(O)COc2ccc(NC(C)=O)cc2)c2ccccc21. The summed E-state index contributed by atoms with van der Waals surface area (Å²) in [6.45, 7) is 4.32. The number of imidazole rings is 1. The summed E-state index contributed by atoms with van der Waals surface area (Å²) in [5, 5.41) is 13.1. The first kappa shape index (κ1) is 19.7. The van der Waals surface area contributed by atoms with Crippen molar-refractivity contribution in [2.75, 3.05) is 11.9 Å². The Morgan fingerprint density at radius 2 is 1.75 bits per heavy atom. The number of nitrogens with one attached hydrogen (secondary N) is 1. The van der Waals surface area contributed by atoms with Crippen LogP contribution in [0.15, 0.2) is 53.3 Å². The molecule has 3 aromatic rings. The number of anilines is 1. The summed E-state index contributed by atoms with van der Waals surface area (Å²) < 4.78 is 8.96. The minimum atomic E-state index is -0.839. The number of rotatable bonds is 8. The van der Waals surface area contributed by atoms with Crippen LogP contribution in [-0.4, -0.2) is 32.9 Å². The normalized spacial score (nSPS) is 12.1. The van der Waals surface area contributed by atoms with Crippen molar-refractivity contribution < 1.29 is 14.6 Å². The second-order valence-corrected chi connectivity index (χ2v) is 6.70. The number of para-hydroxylation sites is 2. The minimum Gasteiger partial charge on any atom is -0.491 e. The molecule has 7 heteroatoms. The van der Waals surface area contributed by atoms with Crippen LogP contribution in [0.2, 0.25) is 0 Å². The van der Waals surface area contributed by atoms with Gasteiger partial charge in [0.25, 0.3) is 0 Å². The predicted octanol–water partition coefficient (Wildman–Crippen LogP) is 2.61. The lowest BCUT2D eigenvalue weighted by Crippen LogP contribution is -2.31. The third-order valence-corrected chi connectivity index (χ3v) is 4.38. The largest absolute Gasteiger partial charge is 0.491 e. The highest BCUT2D eigenvalue weighted by Gasteiger charge is 2.15. The van der Waals surface area contributed by atoms with Crippen LogP contribution in [0.5, 0.6) is 5.75 Å². The number of hydrogen-bond donors (Lipinski definition) is 2. The van der Waals surface area contributed by atoms with E-state index >= 15 is 0 Å². The number of hydrogen-bond acceptors (Lipinski definition) is 4. The topological polar surface area (TPSA) is 85.5 Å². The Bertz CT molecular complexity index is 1000. The number of aromatic nitrogens is 2. The van der Waals surface area contributed by atoms with Crippen molar-refractivity contribution in [1.82, 2.24) is 9.13 Å². The van der Waals surface area contributed by atoms with E-state index in [2.05, 4.69) is 5.32 Å². The van der Waals surface area contributed by atoms with Gasteiger partial charge in [-0.25, -0.2) is 4.79 Å². The molecule has 1 amide bonds. The first-order chi connectivity index (χ1) is 13.5. The molecule has 1 unspecified atom stereocenters.